The summed E-state index contributed by atoms with van der Waals surface area (Å²) in [6.07, 6.45) is 7.40. The van der Waals surface area contributed by atoms with Crippen molar-refractivity contribution in [3.63, 3.8) is 0 Å². The maximum Gasteiger partial charge on any atom is 0.407 e. The van der Waals surface area contributed by atoms with E-state index in [2.05, 4.69) is 0 Å². The number of nitrogens with zero attached hydrogens (tertiary/aromatic N) is 2. The van der Waals surface area contributed by atoms with Crippen molar-refractivity contribution in [2.45, 2.75) is 55.5 Å². The predicted octanol–water partition coefficient (Wildman–Crippen LogP) is 3.94. The van der Waals surface area contributed by atoms with Crippen LogP contribution >= 0.6 is 11.8 Å². The van der Waals surface area contributed by atoms with Crippen molar-refractivity contribution in [1.82, 2.24) is 9.80 Å². The molecule has 1 aliphatic heterocycles. The third-order valence-electron chi connectivity index (χ3n) is 5.37. The van der Waals surface area contributed by atoms with Crippen LogP contribution in [0.1, 0.15) is 48.9 Å². The van der Waals surface area contributed by atoms with Gasteiger partial charge in [-0.3, -0.25) is 4.79 Å². The number of carboxylic acid groups (broad SMARTS) is 1. The van der Waals surface area contributed by atoms with Crippen molar-refractivity contribution in [1.29, 1.82) is 0 Å². The summed E-state index contributed by atoms with van der Waals surface area (Å²) in [5.74, 6) is 0.0640. The first-order valence-corrected chi connectivity index (χ1v) is 10.3. The van der Waals surface area contributed by atoms with Gasteiger partial charge in [-0.25, -0.2) is 4.79 Å². The quantitative estimate of drug-likeness (QED) is 0.824. The number of hydrogen-bond acceptors (Lipinski definition) is 3. The van der Waals surface area contributed by atoms with Crippen LogP contribution in [0, 0.1) is 0 Å². The Balaban J connectivity index is 1.88. The second-order valence-electron chi connectivity index (χ2n) is 6.88. The molecular formula is C19H26N2O3S. The SMILES string of the molecule is CSc1ccccc1C(=O)N(C1CCCCC1)[C@H]1CCN(C(=O)O)C1. The van der Waals surface area contributed by atoms with Crippen LogP contribution in [0.25, 0.3) is 0 Å². The summed E-state index contributed by atoms with van der Waals surface area (Å²) in [5, 5.41) is 9.28. The Morgan fingerprint density at radius 2 is 1.84 bits per heavy atom. The highest BCUT2D eigenvalue weighted by Crippen LogP contribution is 2.31. The van der Waals surface area contributed by atoms with Gasteiger partial charge in [0.25, 0.3) is 5.91 Å². The third-order valence-corrected chi connectivity index (χ3v) is 6.16. The second-order valence-corrected chi connectivity index (χ2v) is 7.72. The van der Waals surface area contributed by atoms with Crippen LogP contribution in [0.3, 0.4) is 0 Å². The monoisotopic (exact) mass is 362 g/mol. The maximum atomic E-state index is 13.4. The molecule has 1 heterocycles. The lowest BCUT2D eigenvalue weighted by molar-refractivity contribution is 0.0514. The number of benzene rings is 1. The summed E-state index contributed by atoms with van der Waals surface area (Å²) < 4.78 is 0. The molecule has 25 heavy (non-hydrogen) atoms. The molecule has 0 aromatic heterocycles. The van der Waals surface area contributed by atoms with E-state index in [9.17, 15) is 14.7 Å². The summed E-state index contributed by atoms with van der Waals surface area (Å²) in [6, 6.07) is 7.96. The first-order chi connectivity index (χ1) is 12.1. The minimum Gasteiger partial charge on any atom is -0.465 e. The molecule has 0 unspecified atom stereocenters. The van der Waals surface area contributed by atoms with E-state index in [-0.39, 0.29) is 18.0 Å². The number of amides is 2. The number of thioether (sulfide) groups is 1. The van der Waals surface area contributed by atoms with E-state index < -0.39 is 6.09 Å². The smallest absolute Gasteiger partial charge is 0.407 e. The summed E-state index contributed by atoms with van der Waals surface area (Å²) >= 11 is 1.58. The predicted molar refractivity (Wildman–Crippen MR) is 99.3 cm³/mol. The lowest BCUT2D eigenvalue weighted by Gasteiger charge is -2.39. The van der Waals surface area contributed by atoms with Gasteiger partial charge in [-0.1, -0.05) is 31.4 Å². The topological polar surface area (TPSA) is 60.9 Å². The van der Waals surface area contributed by atoms with Gasteiger partial charge in [0.2, 0.25) is 0 Å². The summed E-state index contributed by atoms with van der Waals surface area (Å²) in [6.45, 7) is 0.944. The number of likely N-dealkylation sites (tertiary alicyclic amines) is 1. The Bertz CT molecular complexity index is 631. The molecule has 2 aliphatic rings. The van der Waals surface area contributed by atoms with Crippen molar-refractivity contribution in [2.24, 2.45) is 0 Å². The number of hydrogen-bond donors (Lipinski definition) is 1. The van der Waals surface area contributed by atoms with E-state index in [1.54, 1.807) is 11.8 Å². The molecular weight excluding hydrogens is 336 g/mol. The van der Waals surface area contributed by atoms with Gasteiger partial charge in [0, 0.05) is 24.0 Å². The van der Waals surface area contributed by atoms with E-state index in [1.807, 2.05) is 35.4 Å². The van der Waals surface area contributed by atoms with Crippen LogP contribution in [0.4, 0.5) is 4.79 Å². The molecule has 2 amide bonds. The van der Waals surface area contributed by atoms with Crippen molar-refractivity contribution in [2.75, 3.05) is 19.3 Å². The van der Waals surface area contributed by atoms with Crippen LogP contribution in [0.2, 0.25) is 0 Å². The van der Waals surface area contributed by atoms with Crippen LogP contribution in [0.15, 0.2) is 29.2 Å². The largest absolute Gasteiger partial charge is 0.465 e. The van der Waals surface area contributed by atoms with Crippen molar-refractivity contribution in [3.05, 3.63) is 29.8 Å². The fraction of sp³-hybridized carbons (Fsp3) is 0.579. The van der Waals surface area contributed by atoms with Crippen LogP contribution in [0.5, 0.6) is 0 Å². The molecule has 3 rings (SSSR count). The highest BCUT2D eigenvalue weighted by Gasteiger charge is 2.37. The number of rotatable bonds is 4. The Morgan fingerprint density at radius 3 is 2.48 bits per heavy atom. The van der Waals surface area contributed by atoms with E-state index in [0.717, 1.165) is 42.6 Å². The third kappa shape index (κ3) is 3.94. The first kappa shape index (κ1) is 18.1. The first-order valence-electron chi connectivity index (χ1n) is 9.05. The lowest BCUT2D eigenvalue weighted by Crippen LogP contribution is -2.49. The van der Waals surface area contributed by atoms with Gasteiger partial charge >= 0.3 is 6.09 Å². The van der Waals surface area contributed by atoms with Gasteiger partial charge in [-0.2, -0.15) is 0 Å². The van der Waals surface area contributed by atoms with Crippen molar-refractivity contribution < 1.29 is 14.7 Å². The summed E-state index contributed by atoms with van der Waals surface area (Å²) in [4.78, 5) is 29.2. The molecule has 1 aromatic carbocycles. The van der Waals surface area contributed by atoms with Gasteiger partial charge in [-0.05, 0) is 37.7 Å². The highest BCUT2D eigenvalue weighted by molar-refractivity contribution is 7.98. The van der Waals surface area contributed by atoms with E-state index >= 15 is 0 Å². The molecule has 0 spiro atoms. The molecule has 1 aliphatic carbocycles. The van der Waals surface area contributed by atoms with Gasteiger partial charge in [0.05, 0.1) is 11.6 Å². The molecule has 5 nitrogen and oxygen atoms in total. The standard InChI is InChI=1S/C19H26N2O3S/c1-25-17-10-6-5-9-16(17)18(22)21(14-7-3-2-4-8-14)15-11-12-20(13-15)19(23)24/h5-6,9-10,14-15H,2-4,7-8,11-13H2,1H3,(H,23,24)/t15-/m0/s1. The molecule has 1 saturated carbocycles. The molecule has 2 fully saturated rings. The van der Waals surface area contributed by atoms with Crippen LogP contribution in [-0.4, -0.2) is 58.3 Å². The average molecular weight is 362 g/mol. The molecule has 1 saturated heterocycles. The Morgan fingerprint density at radius 1 is 1.12 bits per heavy atom. The van der Waals surface area contributed by atoms with E-state index in [0.29, 0.717) is 13.1 Å². The van der Waals surface area contributed by atoms with Crippen LogP contribution < -0.4 is 0 Å². The van der Waals surface area contributed by atoms with Gasteiger partial charge in [-0.15, -0.1) is 11.8 Å². The van der Waals surface area contributed by atoms with Crippen molar-refractivity contribution in [3.8, 4) is 0 Å². The Labute approximate surface area is 153 Å². The fourth-order valence-electron chi connectivity index (χ4n) is 4.09. The van der Waals surface area contributed by atoms with Crippen molar-refractivity contribution >= 4 is 23.8 Å². The number of carbonyl (C=O) groups excluding carboxylic acids is 1. The minimum absolute atomic E-state index is 0.0124. The Kier molecular flexibility index (Phi) is 5.89. The normalized spacial score (nSPS) is 21.3. The molecule has 136 valence electrons. The van der Waals surface area contributed by atoms with E-state index in [1.165, 1.54) is 11.3 Å². The highest BCUT2D eigenvalue weighted by atomic mass is 32.2. The van der Waals surface area contributed by atoms with Crippen LogP contribution in [-0.2, 0) is 0 Å². The van der Waals surface area contributed by atoms with Gasteiger partial charge in [0.1, 0.15) is 0 Å². The lowest BCUT2D eigenvalue weighted by atomic mass is 9.92. The zero-order valence-corrected chi connectivity index (χ0v) is 15.5. The summed E-state index contributed by atoms with van der Waals surface area (Å²) in [7, 11) is 0. The molecule has 1 N–H and O–H groups in total. The molecule has 1 aromatic rings. The van der Waals surface area contributed by atoms with E-state index in [4.69, 9.17) is 0 Å². The zero-order chi connectivity index (χ0) is 17.8. The zero-order valence-electron chi connectivity index (χ0n) is 14.7. The molecule has 6 heteroatoms. The maximum absolute atomic E-state index is 13.4. The molecule has 0 bridgehead atoms. The average Bonchev–Trinajstić information content (AvgIpc) is 3.12. The number of carbonyl (C=O) groups is 2. The minimum atomic E-state index is -0.886. The Hall–Kier alpha value is -1.69. The molecule has 1 atom stereocenters. The van der Waals surface area contributed by atoms with Gasteiger partial charge in [0.15, 0.2) is 0 Å². The van der Waals surface area contributed by atoms with Gasteiger partial charge < -0.3 is 14.9 Å². The fourth-order valence-corrected chi connectivity index (χ4v) is 4.68. The summed E-state index contributed by atoms with van der Waals surface area (Å²) in [5.41, 5.74) is 0.745. The molecule has 0 radical (unpaired) electrons. The second kappa shape index (κ2) is 8.13.